The maximum Gasteiger partial charge on any atom is 2.00 e. The minimum atomic E-state index is 0. The van der Waals surface area contributed by atoms with Crippen LogP contribution in [0.25, 0.3) is 0 Å². The van der Waals surface area contributed by atoms with Gasteiger partial charge < -0.3 is 6.92 Å². The van der Waals surface area contributed by atoms with E-state index in [2.05, 4.69) is 19.1 Å². The van der Waals surface area contributed by atoms with E-state index in [0.29, 0.717) is 0 Å². The largest absolute Gasteiger partial charge is 2.00 e. The molecule has 8 heavy (non-hydrogen) atoms. The molecule has 0 heterocycles. The summed E-state index contributed by atoms with van der Waals surface area (Å²) < 4.78 is 0. The third kappa shape index (κ3) is 5.97. The zero-order valence-electron chi connectivity index (χ0n) is 4.96. The molecular formula is C7H10Ni. The van der Waals surface area contributed by atoms with Crippen molar-refractivity contribution in [3.8, 4) is 0 Å². The molecule has 0 saturated heterocycles. The van der Waals surface area contributed by atoms with Gasteiger partial charge in [-0.3, -0.25) is 6.08 Å². The molecule has 1 aliphatic rings. The van der Waals surface area contributed by atoms with Gasteiger partial charge in [-0.05, 0) is 0 Å². The van der Waals surface area contributed by atoms with E-state index >= 15 is 0 Å². The van der Waals surface area contributed by atoms with E-state index in [1.54, 1.807) is 6.92 Å². The maximum atomic E-state index is 3.25. The summed E-state index contributed by atoms with van der Waals surface area (Å²) in [7, 11) is 0. The van der Waals surface area contributed by atoms with E-state index in [0.717, 1.165) is 6.42 Å². The van der Waals surface area contributed by atoms with Crippen molar-refractivity contribution < 1.29 is 16.5 Å². The van der Waals surface area contributed by atoms with Crippen LogP contribution in [0.1, 0.15) is 13.3 Å². The normalized spacial score (nSPS) is 11.8. The fourth-order valence-electron chi connectivity index (χ4n) is 0.340. The van der Waals surface area contributed by atoms with Crippen molar-refractivity contribution in [1.29, 1.82) is 0 Å². The van der Waals surface area contributed by atoms with Crippen molar-refractivity contribution in [2.24, 2.45) is 0 Å². The molecule has 0 aromatic rings. The van der Waals surface area contributed by atoms with E-state index < -0.39 is 0 Å². The van der Waals surface area contributed by atoms with Gasteiger partial charge in [0.05, 0.1) is 0 Å². The molecule has 1 aliphatic carbocycles. The van der Waals surface area contributed by atoms with E-state index in [9.17, 15) is 0 Å². The van der Waals surface area contributed by atoms with Crippen molar-refractivity contribution in [2.75, 3.05) is 0 Å². The predicted octanol–water partition coefficient (Wildman–Crippen LogP) is 2.14. The van der Waals surface area contributed by atoms with Crippen LogP contribution in [0.15, 0.2) is 18.2 Å². The minimum Gasteiger partial charge on any atom is -0.346 e. The van der Waals surface area contributed by atoms with E-state index in [1.165, 1.54) is 0 Å². The third-order valence-electron chi connectivity index (χ3n) is 0.586. The van der Waals surface area contributed by atoms with Gasteiger partial charge >= 0.3 is 16.5 Å². The van der Waals surface area contributed by atoms with Gasteiger partial charge in [-0.25, -0.2) is 12.2 Å². The molecule has 0 nitrogen and oxygen atoms in total. The van der Waals surface area contributed by atoms with Gasteiger partial charge in [-0.2, -0.15) is 13.0 Å². The molecule has 0 amide bonds. The fourth-order valence-corrected chi connectivity index (χ4v) is 0.340. The molecule has 0 aliphatic heterocycles. The van der Waals surface area contributed by atoms with Gasteiger partial charge in [0.1, 0.15) is 0 Å². The molecule has 0 N–H and O–H groups in total. The van der Waals surface area contributed by atoms with Crippen LogP contribution in [0.5, 0.6) is 0 Å². The Morgan fingerprint density at radius 3 is 2.25 bits per heavy atom. The molecule has 0 aromatic carbocycles. The molecular weight excluding hydrogens is 143 g/mol. The van der Waals surface area contributed by atoms with Crippen molar-refractivity contribution in [3.05, 3.63) is 31.2 Å². The summed E-state index contributed by atoms with van der Waals surface area (Å²) in [6.07, 6.45) is 10.0. The second-order valence-electron chi connectivity index (χ2n) is 1.00. The smallest absolute Gasteiger partial charge is 0.346 e. The van der Waals surface area contributed by atoms with Crippen molar-refractivity contribution >= 4 is 0 Å². The Kier molecular flexibility index (Phi) is 13.7. The molecule has 0 atom stereocenters. The monoisotopic (exact) mass is 152 g/mol. The Labute approximate surface area is 61.6 Å². The summed E-state index contributed by atoms with van der Waals surface area (Å²) in [6, 6.07) is 0. The molecule has 48 valence electrons. The predicted molar refractivity (Wildman–Crippen MR) is 32.6 cm³/mol. The molecule has 0 saturated carbocycles. The number of hydrogen-bond donors (Lipinski definition) is 0. The first kappa shape index (κ1) is 10.9. The first-order valence-electron chi connectivity index (χ1n) is 2.42. The number of rotatable bonds is 0. The molecule has 0 fully saturated rings. The first-order chi connectivity index (χ1) is 3.50. The van der Waals surface area contributed by atoms with Crippen molar-refractivity contribution in [1.82, 2.24) is 0 Å². The molecule has 0 unspecified atom stereocenters. The summed E-state index contributed by atoms with van der Waals surface area (Å²) in [5, 5.41) is 0. The van der Waals surface area contributed by atoms with Crippen LogP contribution < -0.4 is 0 Å². The van der Waals surface area contributed by atoms with Crippen LogP contribution in [0.3, 0.4) is 0 Å². The van der Waals surface area contributed by atoms with Crippen LogP contribution in [-0.4, -0.2) is 0 Å². The van der Waals surface area contributed by atoms with Crippen LogP contribution in [0, 0.1) is 13.0 Å². The topological polar surface area (TPSA) is 0 Å². The van der Waals surface area contributed by atoms with E-state index in [1.807, 2.05) is 12.2 Å². The van der Waals surface area contributed by atoms with Gasteiger partial charge in [0.25, 0.3) is 0 Å². The average molecular weight is 153 g/mol. The van der Waals surface area contributed by atoms with Crippen LogP contribution in [-0.2, 0) is 16.5 Å². The molecule has 0 radical (unpaired) electrons. The quantitative estimate of drug-likeness (QED) is 0.369. The average Bonchev–Trinajstić information content (AvgIpc) is 2.23. The fraction of sp³-hybridized carbons (Fsp3) is 0.286. The van der Waals surface area contributed by atoms with Gasteiger partial charge in [-0.1, -0.05) is 0 Å². The van der Waals surface area contributed by atoms with Crippen LogP contribution in [0.4, 0.5) is 0 Å². The summed E-state index contributed by atoms with van der Waals surface area (Å²) in [6.45, 7) is 5.00. The minimum absolute atomic E-state index is 0. The molecule has 1 rings (SSSR count). The Morgan fingerprint density at radius 1 is 1.50 bits per heavy atom. The Balaban J connectivity index is 0. The first-order valence-corrected chi connectivity index (χ1v) is 2.42. The zero-order valence-corrected chi connectivity index (χ0v) is 5.95. The molecule has 0 spiro atoms. The summed E-state index contributed by atoms with van der Waals surface area (Å²) in [4.78, 5) is 0. The Bertz CT molecular complexity index is 62.5. The van der Waals surface area contributed by atoms with E-state index in [4.69, 9.17) is 0 Å². The van der Waals surface area contributed by atoms with Gasteiger partial charge in [0.2, 0.25) is 0 Å². The maximum absolute atomic E-state index is 3.25. The summed E-state index contributed by atoms with van der Waals surface area (Å²) >= 11 is 0. The second-order valence-corrected chi connectivity index (χ2v) is 1.00. The van der Waals surface area contributed by atoms with Crippen LogP contribution in [0.2, 0.25) is 0 Å². The van der Waals surface area contributed by atoms with Crippen molar-refractivity contribution in [2.45, 2.75) is 13.3 Å². The standard InChI is InChI=1S/C5H5.C2H5.Ni/c1-2-4-5-3-1;1-2;/h1-3H,4H2;1H2,2H3;/q2*-1;+2. The molecule has 1 heteroatoms. The van der Waals surface area contributed by atoms with E-state index in [-0.39, 0.29) is 16.5 Å². The summed E-state index contributed by atoms with van der Waals surface area (Å²) in [5.41, 5.74) is 0. The van der Waals surface area contributed by atoms with Gasteiger partial charge in [0, 0.05) is 0 Å². The molecule has 0 aromatic heterocycles. The summed E-state index contributed by atoms with van der Waals surface area (Å²) in [5.74, 6) is 0. The second kappa shape index (κ2) is 10.1. The van der Waals surface area contributed by atoms with Gasteiger partial charge in [-0.15, -0.1) is 6.42 Å². The Hall–Kier alpha value is -0.0265. The van der Waals surface area contributed by atoms with Crippen LogP contribution >= 0.6 is 0 Å². The third-order valence-corrected chi connectivity index (χ3v) is 0.586. The SMILES string of the molecule is [C-]1=CC=CC1.[CH2-]C.[Ni+2]. The molecule has 0 bridgehead atoms. The number of allylic oxidation sites excluding steroid dienone is 4. The van der Waals surface area contributed by atoms with Gasteiger partial charge in [0.15, 0.2) is 0 Å². The Morgan fingerprint density at radius 2 is 2.12 bits per heavy atom. The number of hydrogen-bond acceptors (Lipinski definition) is 0. The zero-order chi connectivity index (χ0) is 5.54. The van der Waals surface area contributed by atoms with Crippen molar-refractivity contribution in [3.63, 3.8) is 0 Å².